The zero-order valence-electron chi connectivity index (χ0n) is 10.2. The van der Waals surface area contributed by atoms with Gasteiger partial charge in [-0.3, -0.25) is 9.89 Å². The third-order valence-electron chi connectivity index (χ3n) is 4.20. The summed E-state index contributed by atoms with van der Waals surface area (Å²) in [5.74, 6) is 2.53. The number of aromatic amines is 1. The molecule has 0 radical (unpaired) electrons. The molecular weight excluding hydrogens is 214 g/mol. The summed E-state index contributed by atoms with van der Waals surface area (Å²) in [4.78, 5) is 11.8. The molecule has 1 aromatic heterocycles. The molecule has 0 aliphatic heterocycles. The van der Waals surface area contributed by atoms with E-state index in [0.717, 1.165) is 30.0 Å². The second kappa shape index (κ2) is 4.17. The van der Waals surface area contributed by atoms with Gasteiger partial charge in [-0.05, 0) is 37.2 Å². The summed E-state index contributed by atoms with van der Waals surface area (Å²) in [7, 11) is 0. The molecule has 1 aromatic rings. The molecule has 0 bridgehead atoms. The fourth-order valence-corrected chi connectivity index (χ4v) is 2.80. The number of hydrogen-bond donors (Lipinski definition) is 2. The molecule has 0 spiro atoms. The highest BCUT2D eigenvalue weighted by atomic mass is 16.1. The summed E-state index contributed by atoms with van der Waals surface area (Å²) in [5.41, 5.74) is 1.43. The first-order valence-electron chi connectivity index (χ1n) is 6.54. The van der Waals surface area contributed by atoms with Gasteiger partial charge in [0.2, 0.25) is 0 Å². The van der Waals surface area contributed by atoms with E-state index in [2.05, 4.69) is 15.5 Å². The van der Waals surface area contributed by atoms with Crippen molar-refractivity contribution >= 4 is 5.91 Å². The van der Waals surface area contributed by atoms with E-state index in [4.69, 9.17) is 0 Å². The summed E-state index contributed by atoms with van der Waals surface area (Å²) < 4.78 is 0. The van der Waals surface area contributed by atoms with E-state index in [1.807, 2.05) is 6.92 Å². The maximum atomic E-state index is 11.8. The monoisotopic (exact) mass is 233 g/mol. The minimum absolute atomic E-state index is 0.0476. The predicted octanol–water partition coefficient (Wildman–Crippen LogP) is 1.88. The van der Waals surface area contributed by atoms with Crippen LogP contribution < -0.4 is 5.32 Å². The quantitative estimate of drug-likeness (QED) is 0.834. The zero-order valence-corrected chi connectivity index (χ0v) is 10.2. The van der Waals surface area contributed by atoms with Crippen LogP contribution in [-0.4, -0.2) is 22.6 Å². The van der Waals surface area contributed by atoms with E-state index in [9.17, 15) is 4.79 Å². The second-order valence-electron chi connectivity index (χ2n) is 5.50. The number of aryl methyl sites for hydroxylation is 1. The van der Waals surface area contributed by atoms with E-state index in [0.29, 0.717) is 5.69 Å². The Morgan fingerprint density at radius 2 is 2.41 bits per heavy atom. The van der Waals surface area contributed by atoms with Gasteiger partial charge in [0.05, 0.1) is 0 Å². The minimum atomic E-state index is -0.0476. The van der Waals surface area contributed by atoms with Crippen molar-refractivity contribution < 1.29 is 4.79 Å². The fraction of sp³-hybridized carbons (Fsp3) is 0.692. The van der Waals surface area contributed by atoms with Crippen LogP contribution in [0.25, 0.3) is 0 Å². The minimum Gasteiger partial charge on any atom is -0.350 e. The van der Waals surface area contributed by atoms with E-state index in [-0.39, 0.29) is 5.91 Å². The summed E-state index contributed by atoms with van der Waals surface area (Å²) >= 11 is 0. The topological polar surface area (TPSA) is 57.8 Å². The molecule has 1 amide bonds. The Kier molecular flexibility index (Phi) is 2.65. The number of H-pyrrole nitrogens is 1. The standard InChI is InChI=1S/C13H19N3O/c1-8-5-12(16-15-8)13(17)14-7-10-6-11(10)9-3-2-4-9/h5,9-11H,2-4,6-7H2,1H3,(H,14,17)(H,15,16)/t10-,11-/m0/s1. The van der Waals surface area contributed by atoms with Crippen LogP contribution in [0, 0.1) is 24.7 Å². The summed E-state index contributed by atoms with van der Waals surface area (Å²) in [6, 6.07) is 1.78. The molecule has 2 aliphatic rings. The van der Waals surface area contributed by atoms with Crippen LogP contribution in [0.3, 0.4) is 0 Å². The van der Waals surface area contributed by atoms with Gasteiger partial charge in [0.25, 0.3) is 5.91 Å². The van der Waals surface area contributed by atoms with Gasteiger partial charge in [-0.25, -0.2) is 0 Å². The Bertz CT molecular complexity index is 422. The number of carbonyl (C=O) groups is 1. The highest BCUT2D eigenvalue weighted by Crippen LogP contribution is 2.51. The van der Waals surface area contributed by atoms with Crippen molar-refractivity contribution in [3.8, 4) is 0 Å². The lowest BCUT2D eigenvalue weighted by Crippen LogP contribution is -2.27. The van der Waals surface area contributed by atoms with Gasteiger partial charge < -0.3 is 5.32 Å². The van der Waals surface area contributed by atoms with Crippen molar-refractivity contribution in [2.45, 2.75) is 32.6 Å². The lowest BCUT2D eigenvalue weighted by molar-refractivity contribution is 0.0945. The Labute approximate surface area is 101 Å². The highest BCUT2D eigenvalue weighted by molar-refractivity contribution is 5.92. The number of nitrogens with one attached hydrogen (secondary N) is 2. The SMILES string of the molecule is Cc1cc(C(=O)NC[C@@H]2C[C@H]2C2CCC2)n[nH]1. The molecule has 2 atom stereocenters. The molecule has 17 heavy (non-hydrogen) atoms. The van der Waals surface area contributed by atoms with Gasteiger partial charge in [0.15, 0.2) is 0 Å². The maximum absolute atomic E-state index is 11.8. The van der Waals surface area contributed by atoms with Crippen molar-refractivity contribution in [2.24, 2.45) is 17.8 Å². The van der Waals surface area contributed by atoms with E-state index < -0.39 is 0 Å². The Hall–Kier alpha value is -1.32. The van der Waals surface area contributed by atoms with Gasteiger partial charge in [-0.1, -0.05) is 19.3 Å². The lowest BCUT2D eigenvalue weighted by Gasteiger charge is -2.25. The number of amides is 1. The van der Waals surface area contributed by atoms with E-state index >= 15 is 0 Å². The smallest absolute Gasteiger partial charge is 0.271 e. The Balaban J connectivity index is 1.44. The molecule has 2 N–H and O–H groups in total. The first-order valence-corrected chi connectivity index (χ1v) is 6.54. The van der Waals surface area contributed by atoms with Gasteiger partial charge in [-0.15, -0.1) is 0 Å². The van der Waals surface area contributed by atoms with E-state index in [1.54, 1.807) is 6.07 Å². The van der Waals surface area contributed by atoms with Gasteiger partial charge in [-0.2, -0.15) is 5.10 Å². The molecule has 0 aromatic carbocycles. The summed E-state index contributed by atoms with van der Waals surface area (Å²) in [6.45, 7) is 2.73. The van der Waals surface area contributed by atoms with Crippen molar-refractivity contribution in [1.29, 1.82) is 0 Å². The number of carbonyl (C=O) groups excluding carboxylic acids is 1. The van der Waals surface area contributed by atoms with Crippen LogP contribution in [0.4, 0.5) is 0 Å². The van der Waals surface area contributed by atoms with Crippen molar-refractivity contribution in [3.05, 3.63) is 17.5 Å². The molecule has 2 aliphatic carbocycles. The van der Waals surface area contributed by atoms with Crippen LogP contribution >= 0.6 is 0 Å². The van der Waals surface area contributed by atoms with Gasteiger partial charge in [0, 0.05) is 12.2 Å². The second-order valence-corrected chi connectivity index (χ2v) is 5.50. The van der Waals surface area contributed by atoms with E-state index in [1.165, 1.54) is 25.7 Å². The molecular formula is C13H19N3O. The molecule has 3 rings (SSSR count). The highest BCUT2D eigenvalue weighted by Gasteiger charge is 2.44. The van der Waals surface area contributed by atoms with Crippen molar-refractivity contribution in [3.63, 3.8) is 0 Å². The third kappa shape index (κ3) is 2.21. The third-order valence-corrected chi connectivity index (χ3v) is 4.20. The molecule has 4 heteroatoms. The molecule has 4 nitrogen and oxygen atoms in total. The van der Waals surface area contributed by atoms with Gasteiger partial charge >= 0.3 is 0 Å². The first kappa shape index (κ1) is 10.8. The van der Waals surface area contributed by atoms with Crippen LogP contribution in [-0.2, 0) is 0 Å². The molecule has 0 unspecified atom stereocenters. The number of rotatable bonds is 4. The lowest BCUT2D eigenvalue weighted by atomic mass is 9.81. The van der Waals surface area contributed by atoms with Crippen molar-refractivity contribution in [2.75, 3.05) is 6.54 Å². The molecule has 2 fully saturated rings. The molecule has 1 heterocycles. The Morgan fingerprint density at radius 1 is 1.59 bits per heavy atom. The van der Waals surface area contributed by atoms with Gasteiger partial charge in [0.1, 0.15) is 5.69 Å². The largest absolute Gasteiger partial charge is 0.350 e. The van der Waals surface area contributed by atoms with Crippen LogP contribution in [0.1, 0.15) is 41.9 Å². The number of aromatic nitrogens is 2. The normalized spacial score (nSPS) is 27.6. The maximum Gasteiger partial charge on any atom is 0.271 e. The molecule has 0 saturated heterocycles. The first-order chi connectivity index (χ1) is 8.24. The summed E-state index contributed by atoms with van der Waals surface area (Å²) in [6.07, 6.45) is 5.54. The average molecular weight is 233 g/mol. The molecule has 92 valence electrons. The number of nitrogens with zero attached hydrogens (tertiary/aromatic N) is 1. The zero-order chi connectivity index (χ0) is 11.8. The Morgan fingerprint density at radius 3 is 3.00 bits per heavy atom. The van der Waals surface area contributed by atoms with Crippen LogP contribution in [0.2, 0.25) is 0 Å². The fourth-order valence-electron chi connectivity index (χ4n) is 2.80. The van der Waals surface area contributed by atoms with Crippen molar-refractivity contribution in [1.82, 2.24) is 15.5 Å². The predicted molar refractivity (Wildman–Crippen MR) is 64.6 cm³/mol. The summed E-state index contributed by atoms with van der Waals surface area (Å²) in [5, 5.41) is 9.73. The number of hydrogen-bond acceptors (Lipinski definition) is 2. The van der Waals surface area contributed by atoms with Crippen LogP contribution in [0.15, 0.2) is 6.07 Å². The molecule has 2 saturated carbocycles. The van der Waals surface area contributed by atoms with Crippen LogP contribution in [0.5, 0.6) is 0 Å². The average Bonchev–Trinajstić information content (AvgIpc) is 2.83.